The summed E-state index contributed by atoms with van der Waals surface area (Å²) < 4.78 is 20.7. The molecule has 5 rings (SSSR count). The Labute approximate surface area is 167 Å². The number of morpholine rings is 1. The average molecular weight is 389 g/mol. The lowest BCUT2D eigenvalue weighted by Crippen LogP contribution is -2.37. The molecule has 146 valence electrons. The fourth-order valence-electron chi connectivity index (χ4n) is 3.75. The molecule has 0 spiro atoms. The van der Waals surface area contributed by atoms with E-state index in [2.05, 4.69) is 19.3 Å². The minimum Gasteiger partial charge on any atom is -0.378 e. The zero-order valence-corrected chi connectivity index (χ0v) is 16.0. The first-order valence-electron chi connectivity index (χ1n) is 9.59. The van der Waals surface area contributed by atoms with Gasteiger partial charge in [0.15, 0.2) is 11.5 Å². The SMILES string of the molecule is Cc1nc2c(N3CCOCC3)nccn2c1-c1ccc(-c2ccc(F)cc2)nc1. The summed E-state index contributed by atoms with van der Waals surface area (Å²) in [6.07, 6.45) is 5.58. The first kappa shape index (κ1) is 17.8. The van der Waals surface area contributed by atoms with Crippen LogP contribution in [0.15, 0.2) is 55.0 Å². The van der Waals surface area contributed by atoms with Crippen LogP contribution >= 0.6 is 0 Å². The average Bonchev–Trinajstić information content (AvgIpc) is 3.11. The zero-order chi connectivity index (χ0) is 19.8. The number of nitrogens with zero attached hydrogens (tertiary/aromatic N) is 5. The Hall–Kier alpha value is -3.32. The van der Waals surface area contributed by atoms with Crippen molar-refractivity contribution in [3.05, 3.63) is 66.5 Å². The maximum atomic E-state index is 13.2. The van der Waals surface area contributed by atoms with Crippen molar-refractivity contribution < 1.29 is 9.13 Å². The number of halogens is 1. The third kappa shape index (κ3) is 3.23. The maximum absolute atomic E-state index is 13.2. The molecule has 0 aliphatic carbocycles. The highest BCUT2D eigenvalue weighted by Gasteiger charge is 2.20. The summed E-state index contributed by atoms with van der Waals surface area (Å²) in [5.74, 6) is 0.623. The molecule has 4 heterocycles. The van der Waals surface area contributed by atoms with Gasteiger partial charge in [-0.2, -0.15) is 0 Å². The highest BCUT2D eigenvalue weighted by Crippen LogP contribution is 2.29. The van der Waals surface area contributed by atoms with Crippen LogP contribution in [-0.2, 0) is 4.74 Å². The van der Waals surface area contributed by atoms with Gasteiger partial charge in [0.25, 0.3) is 0 Å². The molecular weight excluding hydrogens is 369 g/mol. The predicted molar refractivity (Wildman–Crippen MR) is 109 cm³/mol. The Morgan fingerprint density at radius 1 is 0.966 bits per heavy atom. The molecule has 29 heavy (non-hydrogen) atoms. The molecule has 1 fully saturated rings. The molecular formula is C22H20FN5O. The molecule has 6 nitrogen and oxygen atoms in total. The van der Waals surface area contributed by atoms with Gasteiger partial charge in [0.05, 0.1) is 30.3 Å². The number of fused-ring (bicyclic) bond motifs is 1. The van der Waals surface area contributed by atoms with Crippen molar-refractivity contribution in [2.45, 2.75) is 6.92 Å². The van der Waals surface area contributed by atoms with Crippen LogP contribution in [0.5, 0.6) is 0 Å². The van der Waals surface area contributed by atoms with Gasteiger partial charge in [-0.05, 0) is 43.3 Å². The molecule has 0 atom stereocenters. The van der Waals surface area contributed by atoms with Crippen LogP contribution in [0.2, 0.25) is 0 Å². The van der Waals surface area contributed by atoms with Crippen molar-refractivity contribution in [3.8, 4) is 22.5 Å². The van der Waals surface area contributed by atoms with Crippen LogP contribution in [-0.4, -0.2) is 45.7 Å². The van der Waals surface area contributed by atoms with Crippen molar-refractivity contribution >= 4 is 11.5 Å². The van der Waals surface area contributed by atoms with Crippen LogP contribution in [0.4, 0.5) is 10.2 Å². The van der Waals surface area contributed by atoms with E-state index in [9.17, 15) is 4.39 Å². The molecule has 0 radical (unpaired) electrons. The van der Waals surface area contributed by atoms with Crippen molar-refractivity contribution in [1.82, 2.24) is 19.4 Å². The number of ether oxygens (including phenoxy) is 1. The van der Waals surface area contributed by atoms with Crippen LogP contribution in [0, 0.1) is 12.7 Å². The van der Waals surface area contributed by atoms with Gasteiger partial charge in [0.2, 0.25) is 0 Å². The Morgan fingerprint density at radius 2 is 1.72 bits per heavy atom. The van der Waals surface area contributed by atoms with Gasteiger partial charge >= 0.3 is 0 Å². The van der Waals surface area contributed by atoms with Gasteiger partial charge in [-0.25, -0.2) is 14.4 Å². The van der Waals surface area contributed by atoms with E-state index in [4.69, 9.17) is 9.72 Å². The minimum absolute atomic E-state index is 0.253. The lowest BCUT2D eigenvalue weighted by Gasteiger charge is -2.27. The number of hydrogen-bond acceptors (Lipinski definition) is 5. The van der Waals surface area contributed by atoms with Crippen molar-refractivity contribution in [2.24, 2.45) is 0 Å². The summed E-state index contributed by atoms with van der Waals surface area (Å²) in [6.45, 7) is 5.01. The molecule has 7 heteroatoms. The van der Waals surface area contributed by atoms with E-state index in [0.29, 0.717) is 13.2 Å². The van der Waals surface area contributed by atoms with Crippen LogP contribution in [0.3, 0.4) is 0 Å². The number of pyridine rings is 1. The van der Waals surface area contributed by atoms with Gasteiger partial charge in [-0.1, -0.05) is 0 Å². The molecule has 0 N–H and O–H groups in total. The second kappa shape index (κ2) is 7.25. The third-order valence-corrected chi connectivity index (χ3v) is 5.19. The van der Waals surface area contributed by atoms with E-state index >= 15 is 0 Å². The van der Waals surface area contributed by atoms with Crippen molar-refractivity contribution in [3.63, 3.8) is 0 Å². The largest absolute Gasteiger partial charge is 0.378 e. The monoisotopic (exact) mass is 389 g/mol. The van der Waals surface area contributed by atoms with Crippen LogP contribution in [0.1, 0.15) is 5.69 Å². The summed E-state index contributed by atoms with van der Waals surface area (Å²) in [5.41, 5.74) is 5.41. The summed E-state index contributed by atoms with van der Waals surface area (Å²) in [7, 11) is 0. The summed E-state index contributed by atoms with van der Waals surface area (Å²) in [6, 6.07) is 10.3. The highest BCUT2D eigenvalue weighted by molar-refractivity contribution is 5.74. The topological polar surface area (TPSA) is 55.5 Å². The van der Waals surface area contributed by atoms with E-state index in [-0.39, 0.29) is 5.82 Å². The van der Waals surface area contributed by atoms with Crippen molar-refractivity contribution in [1.29, 1.82) is 0 Å². The minimum atomic E-state index is -0.253. The van der Waals surface area contributed by atoms with Gasteiger partial charge < -0.3 is 9.64 Å². The van der Waals surface area contributed by atoms with Crippen molar-refractivity contribution in [2.75, 3.05) is 31.2 Å². The quantitative estimate of drug-likeness (QED) is 0.534. The van der Waals surface area contributed by atoms with E-state index in [1.54, 1.807) is 12.1 Å². The normalized spacial score (nSPS) is 14.5. The Morgan fingerprint density at radius 3 is 2.45 bits per heavy atom. The van der Waals surface area contributed by atoms with Gasteiger partial charge in [-0.3, -0.25) is 9.38 Å². The fraction of sp³-hybridized carbons (Fsp3) is 0.227. The number of hydrogen-bond donors (Lipinski definition) is 0. The number of imidazole rings is 1. The van der Waals surface area contributed by atoms with Crippen LogP contribution in [0.25, 0.3) is 28.2 Å². The maximum Gasteiger partial charge on any atom is 0.181 e. The molecule has 1 aromatic carbocycles. The molecule has 1 aliphatic rings. The van der Waals surface area contributed by atoms with Gasteiger partial charge in [0.1, 0.15) is 5.82 Å². The first-order valence-corrected chi connectivity index (χ1v) is 9.59. The second-order valence-corrected chi connectivity index (χ2v) is 7.03. The molecule has 4 aromatic rings. The van der Waals surface area contributed by atoms with Gasteiger partial charge in [-0.15, -0.1) is 0 Å². The van der Waals surface area contributed by atoms with Gasteiger partial charge in [0, 0.05) is 42.8 Å². The molecule has 1 aliphatic heterocycles. The standard InChI is InChI=1S/C22H20FN5O/c1-15-20(17-4-7-19(25-14-17)16-2-5-18(23)6-3-16)28-9-8-24-21(22(28)26-15)27-10-12-29-13-11-27/h2-9,14H,10-13H2,1H3. The number of aromatic nitrogens is 4. The molecule has 0 bridgehead atoms. The number of rotatable bonds is 3. The zero-order valence-electron chi connectivity index (χ0n) is 16.0. The summed E-state index contributed by atoms with van der Waals surface area (Å²) in [4.78, 5) is 16.2. The fourth-order valence-corrected chi connectivity index (χ4v) is 3.75. The molecule has 0 unspecified atom stereocenters. The highest BCUT2D eigenvalue weighted by atomic mass is 19.1. The molecule has 0 saturated carbocycles. The van der Waals surface area contributed by atoms with E-state index in [0.717, 1.165) is 52.8 Å². The third-order valence-electron chi connectivity index (χ3n) is 5.19. The number of anilines is 1. The predicted octanol–water partition coefficient (Wildman–Crippen LogP) is 3.74. The lowest BCUT2D eigenvalue weighted by atomic mass is 10.1. The lowest BCUT2D eigenvalue weighted by molar-refractivity contribution is 0.122. The smallest absolute Gasteiger partial charge is 0.181 e. The molecule has 0 amide bonds. The summed E-state index contributed by atoms with van der Waals surface area (Å²) in [5, 5.41) is 0. The first-order chi connectivity index (χ1) is 14.2. The Bertz CT molecular complexity index is 1150. The molecule has 1 saturated heterocycles. The second-order valence-electron chi connectivity index (χ2n) is 7.03. The Kier molecular flexibility index (Phi) is 4.44. The van der Waals surface area contributed by atoms with E-state index in [1.165, 1.54) is 12.1 Å². The van der Waals surface area contributed by atoms with Crippen LogP contribution < -0.4 is 4.90 Å². The number of benzene rings is 1. The van der Waals surface area contributed by atoms with E-state index < -0.39 is 0 Å². The molecule has 3 aromatic heterocycles. The van der Waals surface area contributed by atoms with E-state index in [1.807, 2.05) is 37.6 Å². The summed E-state index contributed by atoms with van der Waals surface area (Å²) >= 11 is 0. The Balaban J connectivity index is 1.55. The number of aryl methyl sites for hydroxylation is 1.